The lowest BCUT2D eigenvalue weighted by Gasteiger charge is -2.30. The average Bonchev–Trinajstić information content (AvgIpc) is 2.43. The lowest BCUT2D eigenvalue weighted by molar-refractivity contribution is 0.311. The summed E-state index contributed by atoms with van der Waals surface area (Å²) in [5, 5.41) is 3.48. The number of rotatable bonds is 6. The Kier molecular flexibility index (Phi) is 4.38. The zero-order chi connectivity index (χ0) is 13.8. The Balaban J connectivity index is 1.36. The summed E-state index contributed by atoms with van der Waals surface area (Å²) in [7, 11) is 0. The first-order valence-electron chi connectivity index (χ1n) is 7.00. The lowest BCUT2D eigenvalue weighted by Crippen LogP contribution is -2.31. The van der Waals surface area contributed by atoms with E-state index in [4.69, 9.17) is 4.74 Å². The number of ether oxygens (including phenoxy) is 1. The van der Waals surface area contributed by atoms with Gasteiger partial charge < -0.3 is 10.1 Å². The van der Waals surface area contributed by atoms with Crippen LogP contribution in [0.5, 0.6) is 5.75 Å². The van der Waals surface area contributed by atoms with Crippen LogP contribution in [0, 0.1) is 0 Å². The van der Waals surface area contributed by atoms with Gasteiger partial charge in [-0.15, -0.1) is 0 Å². The van der Waals surface area contributed by atoms with Gasteiger partial charge in [0.05, 0.1) is 0 Å². The van der Waals surface area contributed by atoms with Gasteiger partial charge in [0.1, 0.15) is 12.4 Å². The number of benzene rings is 2. The van der Waals surface area contributed by atoms with Crippen molar-refractivity contribution in [1.29, 1.82) is 0 Å². The Labute approximate surface area is 128 Å². The van der Waals surface area contributed by atoms with E-state index in [0.29, 0.717) is 12.5 Å². The molecule has 1 unspecified atom stereocenters. The van der Waals surface area contributed by atoms with E-state index in [9.17, 15) is 0 Å². The fraction of sp³-hybridized carbons (Fsp3) is 0.294. The second kappa shape index (κ2) is 6.42. The second-order valence-electron chi connectivity index (χ2n) is 5.11. The van der Waals surface area contributed by atoms with Gasteiger partial charge in [-0.3, -0.25) is 0 Å². The molecule has 0 saturated carbocycles. The van der Waals surface area contributed by atoms with Gasteiger partial charge in [-0.05, 0) is 35.7 Å². The Morgan fingerprint density at radius 1 is 1.15 bits per heavy atom. The molecule has 0 amide bonds. The average molecular weight is 332 g/mol. The van der Waals surface area contributed by atoms with Gasteiger partial charge in [0.25, 0.3) is 0 Å². The van der Waals surface area contributed by atoms with E-state index in [1.807, 2.05) is 24.3 Å². The molecule has 2 nitrogen and oxygen atoms in total. The summed E-state index contributed by atoms with van der Waals surface area (Å²) in [6, 6.07) is 16.7. The third-order valence-corrected chi connectivity index (χ3v) is 4.19. The topological polar surface area (TPSA) is 21.3 Å². The molecule has 1 N–H and O–H groups in total. The van der Waals surface area contributed by atoms with Crippen LogP contribution in [0.3, 0.4) is 0 Å². The van der Waals surface area contributed by atoms with Crippen molar-refractivity contribution in [3.63, 3.8) is 0 Å². The van der Waals surface area contributed by atoms with E-state index < -0.39 is 0 Å². The lowest BCUT2D eigenvalue weighted by atomic mass is 9.78. The van der Waals surface area contributed by atoms with E-state index in [1.54, 1.807) is 0 Å². The van der Waals surface area contributed by atoms with Crippen LogP contribution < -0.4 is 10.1 Å². The summed E-state index contributed by atoms with van der Waals surface area (Å²) in [5.74, 6) is 1.59. The van der Waals surface area contributed by atoms with Crippen molar-refractivity contribution >= 4 is 15.9 Å². The van der Waals surface area contributed by atoms with E-state index in [2.05, 4.69) is 45.5 Å². The van der Waals surface area contributed by atoms with Crippen molar-refractivity contribution in [3.05, 3.63) is 64.1 Å². The van der Waals surface area contributed by atoms with Crippen LogP contribution in [0.1, 0.15) is 17.0 Å². The highest BCUT2D eigenvalue weighted by Crippen LogP contribution is 2.33. The molecule has 3 rings (SSSR count). The molecule has 0 bridgehead atoms. The molecule has 3 heteroatoms. The van der Waals surface area contributed by atoms with Crippen LogP contribution >= 0.6 is 15.9 Å². The number of nitrogens with one attached hydrogen (secondary N) is 1. The molecular formula is C17H18BrNO. The molecule has 0 heterocycles. The number of halogens is 1. The molecule has 2 aromatic rings. The monoisotopic (exact) mass is 331 g/mol. The Morgan fingerprint density at radius 3 is 2.90 bits per heavy atom. The molecule has 0 radical (unpaired) electrons. The molecule has 0 saturated heterocycles. The van der Waals surface area contributed by atoms with Crippen LogP contribution in [0.15, 0.2) is 53.0 Å². The highest BCUT2D eigenvalue weighted by Gasteiger charge is 2.24. The van der Waals surface area contributed by atoms with Gasteiger partial charge in [-0.2, -0.15) is 0 Å². The summed E-state index contributed by atoms with van der Waals surface area (Å²) in [6.45, 7) is 2.62. The van der Waals surface area contributed by atoms with Crippen LogP contribution in [0.25, 0.3) is 0 Å². The predicted molar refractivity (Wildman–Crippen MR) is 85.4 cm³/mol. The van der Waals surface area contributed by atoms with Crippen molar-refractivity contribution in [2.45, 2.75) is 12.3 Å². The SMILES string of the molecule is Brc1cccc(OCCNCC2Cc3ccccc32)c1. The Bertz CT molecular complexity index is 585. The van der Waals surface area contributed by atoms with Gasteiger partial charge in [-0.25, -0.2) is 0 Å². The smallest absolute Gasteiger partial charge is 0.120 e. The largest absolute Gasteiger partial charge is 0.492 e. The standard InChI is InChI=1S/C17H18BrNO/c18-15-5-3-6-16(11-15)20-9-8-19-12-14-10-13-4-1-2-7-17(13)14/h1-7,11,14,19H,8-10,12H2. The van der Waals surface area contributed by atoms with Crippen LogP contribution in [0.2, 0.25) is 0 Å². The normalized spacial score (nSPS) is 16.4. The van der Waals surface area contributed by atoms with Crippen molar-refractivity contribution < 1.29 is 4.74 Å². The molecule has 1 atom stereocenters. The first-order chi connectivity index (χ1) is 9.83. The molecule has 0 aliphatic heterocycles. The quantitative estimate of drug-likeness (QED) is 0.814. The molecule has 2 aromatic carbocycles. The minimum Gasteiger partial charge on any atom is -0.492 e. The highest BCUT2D eigenvalue weighted by atomic mass is 79.9. The maximum absolute atomic E-state index is 5.70. The first-order valence-corrected chi connectivity index (χ1v) is 7.79. The highest BCUT2D eigenvalue weighted by molar-refractivity contribution is 9.10. The van der Waals surface area contributed by atoms with Gasteiger partial charge in [0.15, 0.2) is 0 Å². The zero-order valence-electron chi connectivity index (χ0n) is 11.3. The third kappa shape index (κ3) is 3.22. The van der Waals surface area contributed by atoms with Crippen molar-refractivity contribution in [1.82, 2.24) is 5.32 Å². The molecule has 0 aromatic heterocycles. The van der Waals surface area contributed by atoms with E-state index in [-0.39, 0.29) is 0 Å². The molecule has 0 fully saturated rings. The minimum absolute atomic E-state index is 0.678. The molecule has 104 valence electrons. The van der Waals surface area contributed by atoms with Gasteiger partial charge in [0, 0.05) is 23.5 Å². The van der Waals surface area contributed by atoms with E-state index in [0.717, 1.165) is 23.3 Å². The number of hydrogen-bond acceptors (Lipinski definition) is 2. The van der Waals surface area contributed by atoms with E-state index in [1.165, 1.54) is 17.5 Å². The molecular weight excluding hydrogens is 314 g/mol. The van der Waals surface area contributed by atoms with Gasteiger partial charge in [-0.1, -0.05) is 46.3 Å². The van der Waals surface area contributed by atoms with Crippen molar-refractivity contribution in [2.75, 3.05) is 19.7 Å². The minimum atomic E-state index is 0.678. The fourth-order valence-corrected chi connectivity index (χ4v) is 3.00. The maximum atomic E-state index is 5.70. The summed E-state index contributed by atoms with van der Waals surface area (Å²) in [6.07, 6.45) is 1.20. The predicted octanol–water partition coefficient (Wildman–Crippen LogP) is 3.76. The molecule has 1 aliphatic carbocycles. The van der Waals surface area contributed by atoms with Crippen molar-refractivity contribution in [2.24, 2.45) is 0 Å². The zero-order valence-corrected chi connectivity index (χ0v) is 12.9. The number of fused-ring (bicyclic) bond motifs is 1. The summed E-state index contributed by atoms with van der Waals surface area (Å²) >= 11 is 3.44. The van der Waals surface area contributed by atoms with Crippen molar-refractivity contribution in [3.8, 4) is 5.75 Å². The molecule has 20 heavy (non-hydrogen) atoms. The summed E-state index contributed by atoms with van der Waals surface area (Å²) < 4.78 is 6.75. The van der Waals surface area contributed by atoms with Crippen LogP contribution in [-0.4, -0.2) is 19.7 Å². The second-order valence-corrected chi connectivity index (χ2v) is 6.03. The molecule has 0 spiro atoms. The molecule has 1 aliphatic rings. The fourth-order valence-electron chi connectivity index (χ4n) is 2.62. The van der Waals surface area contributed by atoms with Crippen LogP contribution in [-0.2, 0) is 6.42 Å². The van der Waals surface area contributed by atoms with E-state index >= 15 is 0 Å². The summed E-state index contributed by atoms with van der Waals surface area (Å²) in [4.78, 5) is 0. The first kappa shape index (κ1) is 13.7. The third-order valence-electron chi connectivity index (χ3n) is 3.70. The number of hydrogen-bond donors (Lipinski definition) is 1. The maximum Gasteiger partial charge on any atom is 0.120 e. The van der Waals surface area contributed by atoms with Gasteiger partial charge in [0.2, 0.25) is 0 Å². The summed E-state index contributed by atoms with van der Waals surface area (Å²) in [5.41, 5.74) is 3.01. The Hall–Kier alpha value is -1.32. The van der Waals surface area contributed by atoms with Gasteiger partial charge >= 0.3 is 0 Å². The Morgan fingerprint density at radius 2 is 2.05 bits per heavy atom. The van der Waals surface area contributed by atoms with Crippen LogP contribution in [0.4, 0.5) is 0 Å².